The Morgan fingerprint density at radius 2 is 1.84 bits per heavy atom. The molecule has 1 heterocycles. The summed E-state index contributed by atoms with van der Waals surface area (Å²) in [5.41, 5.74) is 3.09. The highest BCUT2D eigenvalue weighted by Gasteiger charge is 2.31. The van der Waals surface area contributed by atoms with Crippen LogP contribution in [0.3, 0.4) is 0 Å². The second-order valence-corrected chi connectivity index (χ2v) is 6.95. The Balaban J connectivity index is 2.06. The molecule has 2 nitrogen and oxygen atoms in total. The molecule has 2 heteroatoms. The fourth-order valence-electron chi connectivity index (χ4n) is 2.76. The number of benzene rings is 1. The van der Waals surface area contributed by atoms with Crippen molar-refractivity contribution in [2.24, 2.45) is 5.41 Å². The Bertz CT molecular complexity index is 402. The molecule has 0 saturated carbocycles. The van der Waals surface area contributed by atoms with Gasteiger partial charge in [0.1, 0.15) is 0 Å². The van der Waals surface area contributed by atoms with Crippen LogP contribution in [-0.2, 0) is 0 Å². The van der Waals surface area contributed by atoms with Crippen LogP contribution < -0.4 is 5.32 Å². The number of piperazine rings is 1. The SMILES string of the molecule is Cc1ccc(C(C)N2CCNC(C(C)(C)C)C2)cc1. The molecule has 2 atom stereocenters. The molecule has 2 unspecified atom stereocenters. The van der Waals surface area contributed by atoms with Crippen LogP contribution in [0.15, 0.2) is 24.3 Å². The zero-order valence-electron chi connectivity index (χ0n) is 13.0. The molecule has 1 aliphatic rings. The van der Waals surface area contributed by atoms with Gasteiger partial charge in [-0.2, -0.15) is 0 Å². The maximum atomic E-state index is 3.66. The summed E-state index contributed by atoms with van der Waals surface area (Å²) in [4.78, 5) is 2.61. The second-order valence-electron chi connectivity index (χ2n) is 6.95. The van der Waals surface area contributed by atoms with E-state index in [1.807, 2.05) is 0 Å². The summed E-state index contributed by atoms with van der Waals surface area (Å²) in [6.45, 7) is 14.8. The van der Waals surface area contributed by atoms with E-state index in [9.17, 15) is 0 Å². The highest BCUT2D eigenvalue weighted by atomic mass is 15.2. The Hall–Kier alpha value is -0.860. The van der Waals surface area contributed by atoms with Crippen molar-refractivity contribution in [1.29, 1.82) is 0 Å². The lowest BCUT2D eigenvalue weighted by Gasteiger charge is -2.43. The predicted octanol–water partition coefficient (Wildman–Crippen LogP) is 3.38. The topological polar surface area (TPSA) is 15.3 Å². The zero-order valence-corrected chi connectivity index (χ0v) is 13.0. The minimum absolute atomic E-state index is 0.325. The van der Waals surface area contributed by atoms with Gasteiger partial charge in [0.25, 0.3) is 0 Å². The molecular formula is C17H28N2. The first-order valence-corrected chi connectivity index (χ1v) is 7.42. The van der Waals surface area contributed by atoms with E-state index < -0.39 is 0 Å². The Labute approximate surface area is 118 Å². The molecule has 19 heavy (non-hydrogen) atoms. The van der Waals surface area contributed by atoms with Crippen molar-refractivity contribution in [1.82, 2.24) is 10.2 Å². The van der Waals surface area contributed by atoms with Crippen molar-refractivity contribution < 1.29 is 0 Å². The molecule has 0 aliphatic carbocycles. The zero-order chi connectivity index (χ0) is 14.0. The van der Waals surface area contributed by atoms with Crippen LogP contribution in [0.5, 0.6) is 0 Å². The first-order chi connectivity index (χ1) is 8.88. The van der Waals surface area contributed by atoms with E-state index in [4.69, 9.17) is 0 Å². The maximum Gasteiger partial charge on any atom is 0.0321 e. The lowest BCUT2D eigenvalue weighted by atomic mass is 9.85. The number of nitrogens with one attached hydrogen (secondary N) is 1. The summed E-state index contributed by atoms with van der Waals surface area (Å²) < 4.78 is 0. The van der Waals surface area contributed by atoms with Crippen molar-refractivity contribution in [3.05, 3.63) is 35.4 Å². The predicted molar refractivity (Wildman–Crippen MR) is 82.4 cm³/mol. The molecular weight excluding hydrogens is 232 g/mol. The standard InChI is InChI=1S/C17H28N2/c1-13-6-8-15(9-7-13)14(2)19-11-10-18-16(12-19)17(3,4)5/h6-9,14,16,18H,10-12H2,1-5H3. The minimum atomic E-state index is 0.325. The van der Waals surface area contributed by atoms with Crippen molar-refractivity contribution in [3.8, 4) is 0 Å². The number of rotatable bonds is 2. The smallest absolute Gasteiger partial charge is 0.0321 e. The van der Waals surface area contributed by atoms with Crippen molar-refractivity contribution in [3.63, 3.8) is 0 Å². The molecule has 0 aromatic heterocycles. The molecule has 1 fully saturated rings. The van der Waals surface area contributed by atoms with Crippen LogP contribution in [-0.4, -0.2) is 30.6 Å². The van der Waals surface area contributed by atoms with Gasteiger partial charge < -0.3 is 5.32 Å². The molecule has 0 spiro atoms. The van der Waals surface area contributed by atoms with Gasteiger partial charge in [0.15, 0.2) is 0 Å². The van der Waals surface area contributed by atoms with E-state index in [-0.39, 0.29) is 0 Å². The van der Waals surface area contributed by atoms with Crippen LogP contribution in [0.4, 0.5) is 0 Å². The van der Waals surface area contributed by atoms with Gasteiger partial charge in [-0.15, -0.1) is 0 Å². The summed E-state index contributed by atoms with van der Waals surface area (Å²) in [5.74, 6) is 0. The average molecular weight is 260 g/mol. The van der Waals surface area contributed by atoms with Gasteiger partial charge in [-0.1, -0.05) is 50.6 Å². The van der Waals surface area contributed by atoms with Gasteiger partial charge in [-0.25, -0.2) is 0 Å². The number of nitrogens with zero attached hydrogens (tertiary/aromatic N) is 1. The van der Waals surface area contributed by atoms with Gasteiger partial charge >= 0.3 is 0 Å². The number of hydrogen-bond donors (Lipinski definition) is 1. The van der Waals surface area contributed by atoms with Crippen molar-refractivity contribution in [2.75, 3.05) is 19.6 Å². The van der Waals surface area contributed by atoms with Crippen LogP contribution >= 0.6 is 0 Å². The van der Waals surface area contributed by atoms with E-state index in [2.05, 4.69) is 69.1 Å². The second kappa shape index (κ2) is 5.64. The van der Waals surface area contributed by atoms with E-state index in [0.717, 1.165) is 19.6 Å². The lowest BCUT2D eigenvalue weighted by Crippen LogP contribution is -2.56. The highest BCUT2D eigenvalue weighted by molar-refractivity contribution is 5.24. The van der Waals surface area contributed by atoms with Gasteiger partial charge in [0, 0.05) is 31.7 Å². The van der Waals surface area contributed by atoms with Crippen LogP contribution in [0.2, 0.25) is 0 Å². The minimum Gasteiger partial charge on any atom is -0.311 e. The van der Waals surface area contributed by atoms with Gasteiger partial charge in [0.2, 0.25) is 0 Å². The molecule has 1 N–H and O–H groups in total. The van der Waals surface area contributed by atoms with E-state index in [1.54, 1.807) is 0 Å². The van der Waals surface area contributed by atoms with Crippen LogP contribution in [0.1, 0.15) is 44.9 Å². The van der Waals surface area contributed by atoms with Crippen molar-refractivity contribution in [2.45, 2.75) is 46.7 Å². The first kappa shape index (κ1) is 14.5. The molecule has 2 rings (SSSR count). The monoisotopic (exact) mass is 260 g/mol. The summed E-state index contributed by atoms with van der Waals surface area (Å²) in [5, 5.41) is 3.66. The largest absolute Gasteiger partial charge is 0.311 e. The first-order valence-electron chi connectivity index (χ1n) is 7.42. The third-order valence-electron chi connectivity index (χ3n) is 4.36. The van der Waals surface area contributed by atoms with E-state index >= 15 is 0 Å². The van der Waals surface area contributed by atoms with Gasteiger partial charge in [-0.05, 0) is 24.8 Å². The normalized spacial score (nSPS) is 23.3. The van der Waals surface area contributed by atoms with Gasteiger partial charge in [0.05, 0.1) is 0 Å². The maximum absolute atomic E-state index is 3.66. The van der Waals surface area contributed by atoms with Crippen molar-refractivity contribution >= 4 is 0 Å². The highest BCUT2D eigenvalue weighted by Crippen LogP contribution is 2.27. The summed E-state index contributed by atoms with van der Waals surface area (Å²) >= 11 is 0. The Morgan fingerprint density at radius 3 is 2.42 bits per heavy atom. The van der Waals surface area contributed by atoms with E-state index in [0.29, 0.717) is 17.5 Å². The van der Waals surface area contributed by atoms with Crippen LogP contribution in [0.25, 0.3) is 0 Å². The molecule has 0 radical (unpaired) electrons. The third-order valence-corrected chi connectivity index (χ3v) is 4.36. The molecule has 0 bridgehead atoms. The molecule has 106 valence electrons. The average Bonchev–Trinajstić information content (AvgIpc) is 2.38. The summed E-state index contributed by atoms with van der Waals surface area (Å²) in [7, 11) is 0. The molecule has 1 aromatic rings. The quantitative estimate of drug-likeness (QED) is 0.877. The number of aryl methyl sites for hydroxylation is 1. The summed E-state index contributed by atoms with van der Waals surface area (Å²) in [6, 6.07) is 10.1. The molecule has 0 amide bonds. The van der Waals surface area contributed by atoms with Gasteiger partial charge in [-0.3, -0.25) is 4.90 Å². The third kappa shape index (κ3) is 3.58. The number of hydrogen-bond acceptors (Lipinski definition) is 2. The fraction of sp³-hybridized carbons (Fsp3) is 0.647. The molecule has 1 aromatic carbocycles. The molecule has 1 aliphatic heterocycles. The molecule has 1 saturated heterocycles. The van der Waals surface area contributed by atoms with E-state index in [1.165, 1.54) is 11.1 Å². The lowest BCUT2D eigenvalue weighted by molar-refractivity contribution is 0.104. The Morgan fingerprint density at radius 1 is 1.21 bits per heavy atom. The van der Waals surface area contributed by atoms with Crippen LogP contribution in [0, 0.1) is 12.3 Å². The fourth-order valence-corrected chi connectivity index (χ4v) is 2.76. The summed E-state index contributed by atoms with van der Waals surface area (Å²) in [6.07, 6.45) is 0. The Kier molecular flexibility index (Phi) is 4.32.